The summed E-state index contributed by atoms with van der Waals surface area (Å²) in [5, 5.41) is 6.44. The summed E-state index contributed by atoms with van der Waals surface area (Å²) in [6, 6.07) is 12.1. The molecule has 1 N–H and O–H groups in total. The van der Waals surface area contributed by atoms with Gasteiger partial charge in [-0.2, -0.15) is 0 Å². The van der Waals surface area contributed by atoms with Crippen LogP contribution in [-0.4, -0.2) is 4.98 Å². The summed E-state index contributed by atoms with van der Waals surface area (Å²) in [6.45, 7) is 1.01. The van der Waals surface area contributed by atoms with Crippen molar-refractivity contribution in [2.45, 2.75) is 13.2 Å². The average Bonchev–Trinajstić information content (AvgIpc) is 3.07. The number of nitrogens with one attached hydrogen (secondary N) is 1. The molecule has 3 aromatic rings. The first kappa shape index (κ1) is 15.8. The number of anilines is 1. The highest BCUT2D eigenvalue weighted by molar-refractivity contribution is 7.13. The zero-order valence-electron chi connectivity index (χ0n) is 12.1. The molecular weight excluding hydrogens is 335 g/mol. The first-order chi connectivity index (χ1) is 11.2. The molecule has 0 radical (unpaired) electrons. The fourth-order valence-electron chi connectivity index (χ4n) is 1.99. The standard InChI is InChI=1S/C17H14ClFN2OS/c18-16-9-14(19)4-3-13(16)11-22-15-5-1-12(2-6-15)10-21-17-20-7-8-23-17/h1-9H,10-11H2,(H,20,21). The molecule has 3 nitrogen and oxygen atoms in total. The lowest BCUT2D eigenvalue weighted by molar-refractivity contribution is 0.306. The molecular formula is C17H14ClFN2OS. The second-order valence-electron chi connectivity index (χ2n) is 4.86. The zero-order chi connectivity index (χ0) is 16.1. The third-order valence-electron chi connectivity index (χ3n) is 3.21. The van der Waals surface area contributed by atoms with E-state index in [2.05, 4.69) is 10.3 Å². The van der Waals surface area contributed by atoms with Gasteiger partial charge in [-0.15, -0.1) is 11.3 Å². The van der Waals surface area contributed by atoms with Gasteiger partial charge in [-0.25, -0.2) is 9.37 Å². The van der Waals surface area contributed by atoms with Gasteiger partial charge in [0.25, 0.3) is 0 Å². The summed E-state index contributed by atoms with van der Waals surface area (Å²) < 4.78 is 18.7. The summed E-state index contributed by atoms with van der Waals surface area (Å²) in [6.07, 6.45) is 1.77. The Kier molecular flexibility index (Phi) is 5.10. The van der Waals surface area contributed by atoms with Gasteiger partial charge in [0.2, 0.25) is 0 Å². The number of nitrogens with zero attached hydrogens (tertiary/aromatic N) is 1. The molecule has 2 aromatic carbocycles. The van der Waals surface area contributed by atoms with Crippen LogP contribution in [0.3, 0.4) is 0 Å². The molecule has 3 rings (SSSR count). The monoisotopic (exact) mass is 348 g/mol. The van der Waals surface area contributed by atoms with Crippen LogP contribution in [0.1, 0.15) is 11.1 Å². The second kappa shape index (κ2) is 7.44. The Morgan fingerprint density at radius 3 is 2.70 bits per heavy atom. The van der Waals surface area contributed by atoms with E-state index in [4.69, 9.17) is 16.3 Å². The molecule has 0 unspecified atom stereocenters. The lowest BCUT2D eigenvalue weighted by atomic mass is 10.2. The SMILES string of the molecule is Fc1ccc(COc2ccc(CNc3nccs3)cc2)c(Cl)c1. The first-order valence-electron chi connectivity index (χ1n) is 7.00. The van der Waals surface area contributed by atoms with Gasteiger partial charge in [-0.3, -0.25) is 0 Å². The lowest BCUT2D eigenvalue weighted by Crippen LogP contribution is -1.99. The van der Waals surface area contributed by atoms with E-state index in [9.17, 15) is 4.39 Å². The predicted molar refractivity (Wildman–Crippen MR) is 91.6 cm³/mol. The fraction of sp³-hybridized carbons (Fsp3) is 0.118. The van der Waals surface area contributed by atoms with Crippen LogP contribution in [0.2, 0.25) is 5.02 Å². The minimum Gasteiger partial charge on any atom is -0.489 e. The molecule has 0 amide bonds. The fourth-order valence-corrected chi connectivity index (χ4v) is 2.74. The summed E-state index contributed by atoms with van der Waals surface area (Å²) in [4.78, 5) is 4.17. The van der Waals surface area contributed by atoms with Gasteiger partial charge in [0.15, 0.2) is 5.13 Å². The van der Waals surface area contributed by atoms with E-state index < -0.39 is 0 Å². The minimum absolute atomic E-state index is 0.301. The van der Waals surface area contributed by atoms with Crippen LogP contribution in [0, 0.1) is 5.82 Å². The molecule has 0 aliphatic carbocycles. The van der Waals surface area contributed by atoms with Gasteiger partial charge < -0.3 is 10.1 Å². The molecule has 118 valence electrons. The van der Waals surface area contributed by atoms with Crippen molar-refractivity contribution < 1.29 is 9.13 Å². The van der Waals surface area contributed by atoms with Gasteiger partial charge in [0.1, 0.15) is 18.2 Å². The zero-order valence-corrected chi connectivity index (χ0v) is 13.7. The Bertz CT molecular complexity index is 763. The Morgan fingerprint density at radius 1 is 1.17 bits per heavy atom. The molecule has 0 saturated carbocycles. The highest BCUT2D eigenvalue weighted by Gasteiger charge is 2.03. The van der Waals surface area contributed by atoms with Crippen LogP contribution < -0.4 is 10.1 Å². The van der Waals surface area contributed by atoms with Gasteiger partial charge >= 0.3 is 0 Å². The molecule has 0 spiro atoms. The Morgan fingerprint density at radius 2 is 2.00 bits per heavy atom. The van der Waals surface area contributed by atoms with E-state index in [0.29, 0.717) is 18.2 Å². The van der Waals surface area contributed by atoms with Crippen LogP contribution in [0.5, 0.6) is 5.75 Å². The summed E-state index contributed by atoms with van der Waals surface area (Å²) in [5.74, 6) is 0.388. The Labute approximate surface area is 142 Å². The van der Waals surface area contributed by atoms with Crippen molar-refractivity contribution >= 4 is 28.1 Å². The van der Waals surface area contributed by atoms with Crippen molar-refractivity contribution in [3.8, 4) is 5.75 Å². The number of ether oxygens (including phenoxy) is 1. The van der Waals surface area contributed by atoms with Crippen LogP contribution >= 0.6 is 22.9 Å². The van der Waals surface area contributed by atoms with Crippen LogP contribution in [0.15, 0.2) is 54.0 Å². The largest absolute Gasteiger partial charge is 0.489 e. The van der Waals surface area contributed by atoms with Crippen molar-refractivity contribution in [1.29, 1.82) is 0 Å². The minimum atomic E-state index is -0.351. The first-order valence-corrected chi connectivity index (χ1v) is 8.25. The Balaban J connectivity index is 1.54. The van der Waals surface area contributed by atoms with Gasteiger partial charge in [-0.1, -0.05) is 29.8 Å². The van der Waals surface area contributed by atoms with E-state index in [-0.39, 0.29) is 5.82 Å². The number of rotatable bonds is 6. The number of benzene rings is 2. The normalized spacial score (nSPS) is 10.5. The Hall–Kier alpha value is -2.11. The summed E-state index contributed by atoms with van der Waals surface area (Å²) in [5.41, 5.74) is 1.88. The summed E-state index contributed by atoms with van der Waals surface area (Å²) in [7, 11) is 0. The highest BCUT2D eigenvalue weighted by atomic mass is 35.5. The molecule has 23 heavy (non-hydrogen) atoms. The topological polar surface area (TPSA) is 34.1 Å². The lowest BCUT2D eigenvalue weighted by Gasteiger charge is -2.09. The van der Waals surface area contributed by atoms with Crippen molar-refractivity contribution in [3.05, 3.63) is 76.0 Å². The molecule has 0 bridgehead atoms. The van der Waals surface area contributed by atoms with Crippen LogP contribution in [-0.2, 0) is 13.2 Å². The van der Waals surface area contributed by atoms with E-state index in [1.54, 1.807) is 23.6 Å². The molecule has 1 heterocycles. The number of aromatic nitrogens is 1. The van der Waals surface area contributed by atoms with Crippen molar-refractivity contribution in [1.82, 2.24) is 4.98 Å². The molecule has 0 fully saturated rings. The van der Waals surface area contributed by atoms with E-state index in [0.717, 1.165) is 22.0 Å². The maximum atomic E-state index is 13.0. The highest BCUT2D eigenvalue weighted by Crippen LogP contribution is 2.20. The predicted octanol–water partition coefficient (Wildman–Crippen LogP) is 5.13. The molecule has 0 aliphatic heterocycles. The van der Waals surface area contributed by atoms with E-state index >= 15 is 0 Å². The molecule has 6 heteroatoms. The quantitative estimate of drug-likeness (QED) is 0.670. The third kappa shape index (κ3) is 4.43. The summed E-state index contributed by atoms with van der Waals surface area (Å²) >= 11 is 7.55. The van der Waals surface area contributed by atoms with Gasteiger partial charge in [0, 0.05) is 23.7 Å². The number of hydrogen-bond acceptors (Lipinski definition) is 4. The van der Waals surface area contributed by atoms with Gasteiger partial charge in [-0.05, 0) is 29.8 Å². The smallest absolute Gasteiger partial charge is 0.182 e. The third-order valence-corrected chi connectivity index (χ3v) is 4.29. The molecule has 0 atom stereocenters. The van der Waals surface area contributed by atoms with Gasteiger partial charge in [0.05, 0.1) is 5.02 Å². The molecule has 1 aromatic heterocycles. The molecule has 0 aliphatic rings. The van der Waals surface area contributed by atoms with Crippen LogP contribution in [0.4, 0.5) is 9.52 Å². The van der Waals surface area contributed by atoms with E-state index in [1.165, 1.54) is 12.1 Å². The van der Waals surface area contributed by atoms with E-state index in [1.807, 2.05) is 29.6 Å². The van der Waals surface area contributed by atoms with Crippen LogP contribution in [0.25, 0.3) is 0 Å². The number of halogens is 2. The van der Waals surface area contributed by atoms with Crippen molar-refractivity contribution in [2.75, 3.05) is 5.32 Å². The maximum Gasteiger partial charge on any atom is 0.182 e. The second-order valence-corrected chi connectivity index (χ2v) is 6.16. The average molecular weight is 349 g/mol. The number of hydrogen-bond donors (Lipinski definition) is 1. The van der Waals surface area contributed by atoms with Crippen molar-refractivity contribution in [2.24, 2.45) is 0 Å². The number of thiazole rings is 1. The maximum absolute atomic E-state index is 13.0. The van der Waals surface area contributed by atoms with Crippen molar-refractivity contribution in [3.63, 3.8) is 0 Å². The molecule has 0 saturated heterocycles.